The lowest BCUT2D eigenvalue weighted by molar-refractivity contribution is -0.133. The SMILES string of the molecule is Cc1c(Cl)ccc(S(=O)(=O)N(CCc2ccccc2)CC(=O)NCC(=O)N(CCCCN)CCCc2ccccn2)c1Cl. The van der Waals surface area contributed by atoms with E-state index in [0.29, 0.717) is 43.1 Å². The van der Waals surface area contributed by atoms with E-state index in [1.807, 2.05) is 48.5 Å². The number of hydrogen-bond acceptors (Lipinski definition) is 6. The maximum absolute atomic E-state index is 13.7. The second-order valence-electron chi connectivity index (χ2n) is 10.1. The number of carbonyl (C=O) groups is 2. The number of hydrogen-bond donors (Lipinski definition) is 2. The Bertz CT molecular complexity index is 1440. The lowest BCUT2D eigenvalue weighted by Crippen LogP contribution is -2.46. The fourth-order valence-electron chi connectivity index (χ4n) is 4.46. The van der Waals surface area contributed by atoms with Crippen LogP contribution in [-0.4, -0.2) is 73.7 Å². The van der Waals surface area contributed by atoms with Crippen LogP contribution in [0.3, 0.4) is 0 Å². The molecule has 1 aromatic heterocycles. The van der Waals surface area contributed by atoms with Crippen molar-refractivity contribution < 1.29 is 18.0 Å². The Morgan fingerprint density at radius 1 is 0.907 bits per heavy atom. The molecular weight excluding hydrogens is 609 g/mol. The highest BCUT2D eigenvalue weighted by molar-refractivity contribution is 7.89. The van der Waals surface area contributed by atoms with Gasteiger partial charge in [-0.1, -0.05) is 59.6 Å². The Kier molecular flexibility index (Phi) is 13.9. The van der Waals surface area contributed by atoms with Crippen molar-refractivity contribution >= 4 is 45.0 Å². The number of halogens is 2. The molecule has 1 heterocycles. The number of nitrogens with zero attached hydrogens (tertiary/aromatic N) is 3. The first-order valence-corrected chi connectivity index (χ1v) is 16.5. The Morgan fingerprint density at radius 3 is 2.33 bits per heavy atom. The van der Waals surface area contributed by atoms with E-state index in [0.717, 1.165) is 34.8 Å². The van der Waals surface area contributed by atoms with E-state index < -0.39 is 22.5 Å². The molecule has 3 rings (SSSR count). The summed E-state index contributed by atoms with van der Waals surface area (Å²) in [6.45, 7) is 2.47. The van der Waals surface area contributed by atoms with Gasteiger partial charge in [0, 0.05) is 36.5 Å². The first-order chi connectivity index (χ1) is 20.6. The van der Waals surface area contributed by atoms with E-state index in [-0.39, 0.29) is 28.9 Å². The van der Waals surface area contributed by atoms with Gasteiger partial charge in [-0.25, -0.2) is 8.42 Å². The quantitative estimate of drug-likeness (QED) is 0.211. The minimum atomic E-state index is -4.18. The first-order valence-electron chi connectivity index (χ1n) is 14.3. The van der Waals surface area contributed by atoms with Gasteiger partial charge in [-0.15, -0.1) is 0 Å². The number of benzene rings is 2. The third kappa shape index (κ3) is 10.6. The molecule has 3 aromatic rings. The average Bonchev–Trinajstić information content (AvgIpc) is 3.00. The summed E-state index contributed by atoms with van der Waals surface area (Å²) in [6, 6.07) is 17.9. The van der Waals surface area contributed by atoms with Gasteiger partial charge in [-0.2, -0.15) is 4.31 Å². The summed E-state index contributed by atoms with van der Waals surface area (Å²) in [5.74, 6) is -0.844. The van der Waals surface area contributed by atoms with E-state index in [1.54, 1.807) is 18.0 Å². The molecule has 0 saturated heterocycles. The van der Waals surface area contributed by atoms with Gasteiger partial charge in [-0.05, 0) is 81.0 Å². The Balaban J connectivity index is 1.68. The number of unbranched alkanes of at least 4 members (excludes halogenated alkanes) is 1. The third-order valence-electron chi connectivity index (χ3n) is 6.97. The van der Waals surface area contributed by atoms with Crippen LogP contribution in [0.4, 0.5) is 0 Å². The van der Waals surface area contributed by atoms with Crippen LogP contribution in [0.5, 0.6) is 0 Å². The van der Waals surface area contributed by atoms with Crippen LogP contribution in [0.2, 0.25) is 10.0 Å². The van der Waals surface area contributed by atoms with E-state index in [2.05, 4.69) is 10.3 Å². The molecule has 0 radical (unpaired) electrons. The summed E-state index contributed by atoms with van der Waals surface area (Å²) in [6.07, 6.45) is 5.06. The molecule has 0 unspecified atom stereocenters. The average molecular weight is 649 g/mol. The van der Waals surface area contributed by atoms with Crippen molar-refractivity contribution in [1.29, 1.82) is 0 Å². The highest BCUT2D eigenvalue weighted by Crippen LogP contribution is 2.32. The van der Waals surface area contributed by atoms with Crippen LogP contribution in [0.15, 0.2) is 71.8 Å². The standard InChI is InChI=1S/C31H39Cl2N5O4S/c1-24-27(32)14-15-28(31(24)33)43(41,42)38(21-16-25-10-3-2-4-11-25)23-29(39)36-22-30(40)37(19-8-6-17-34)20-9-13-26-12-5-7-18-35-26/h2-5,7,10-12,14-15,18H,6,8-9,13,16-17,19-23,34H2,1H3,(H,36,39). The van der Waals surface area contributed by atoms with Crippen LogP contribution in [0.1, 0.15) is 36.1 Å². The zero-order valence-electron chi connectivity index (χ0n) is 24.3. The van der Waals surface area contributed by atoms with Gasteiger partial charge in [0.25, 0.3) is 0 Å². The van der Waals surface area contributed by atoms with Crippen LogP contribution in [0, 0.1) is 6.92 Å². The second kappa shape index (κ2) is 17.3. The maximum atomic E-state index is 13.7. The molecule has 2 aromatic carbocycles. The first kappa shape index (κ1) is 34.5. The van der Waals surface area contributed by atoms with Crippen LogP contribution in [0.25, 0.3) is 0 Å². The van der Waals surface area contributed by atoms with Gasteiger partial charge in [0.2, 0.25) is 21.8 Å². The molecule has 12 heteroatoms. The number of aromatic nitrogens is 1. The summed E-state index contributed by atoms with van der Waals surface area (Å²) >= 11 is 12.5. The zero-order valence-corrected chi connectivity index (χ0v) is 26.7. The van der Waals surface area contributed by atoms with Crippen molar-refractivity contribution in [3.8, 4) is 0 Å². The second-order valence-corrected chi connectivity index (χ2v) is 12.8. The fourth-order valence-corrected chi connectivity index (χ4v) is 6.64. The summed E-state index contributed by atoms with van der Waals surface area (Å²) in [4.78, 5) is 32.1. The molecule has 0 saturated carbocycles. The number of nitrogens with one attached hydrogen (secondary N) is 1. The van der Waals surface area contributed by atoms with Crippen molar-refractivity contribution in [2.24, 2.45) is 5.73 Å². The van der Waals surface area contributed by atoms with Gasteiger partial charge < -0.3 is 16.0 Å². The molecule has 43 heavy (non-hydrogen) atoms. The molecule has 0 bridgehead atoms. The number of sulfonamides is 1. The molecule has 0 aliphatic rings. The lowest BCUT2D eigenvalue weighted by Gasteiger charge is -2.25. The molecule has 0 atom stereocenters. The molecular formula is C31H39Cl2N5O4S. The van der Waals surface area contributed by atoms with Gasteiger partial charge in [0.05, 0.1) is 18.1 Å². The maximum Gasteiger partial charge on any atom is 0.245 e. The third-order valence-corrected chi connectivity index (χ3v) is 9.87. The van der Waals surface area contributed by atoms with Crippen LogP contribution >= 0.6 is 23.2 Å². The van der Waals surface area contributed by atoms with E-state index in [9.17, 15) is 18.0 Å². The molecule has 0 aliphatic heterocycles. The Morgan fingerprint density at radius 2 is 1.63 bits per heavy atom. The van der Waals surface area contributed by atoms with Crippen LogP contribution < -0.4 is 11.1 Å². The van der Waals surface area contributed by atoms with Crippen molar-refractivity contribution in [1.82, 2.24) is 19.5 Å². The summed E-state index contributed by atoms with van der Waals surface area (Å²) < 4.78 is 28.5. The van der Waals surface area contributed by atoms with Crippen molar-refractivity contribution in [3.05, 3.63) is 93.7 Å². The van der Waals surface area contributed by atoms with Crippen LogP contribution in [-0.2, 0) is 32.5 Å². The van der Waals surface area contributed by atoms with Crippen molar-refractivity contribution in [2.75, 3.05) is 39.3 Å². The minimum absolute atomic E-state index is 0.00613. The zero-order chi connectivity index (χ0) is 31.2. The Labute approximate surface area is 264 Å². The molecule has 2 amide bonds. The number of carbonyl (C=O) groups excluding carboxylic acids is 2. The number of nitrogens with two attached hydrogens (primary N) is 1. The summed E-state index contributed by atoms with van der Waals surface area (Å²) in [7, 11) is -4.18. The predicted molar refractivity (Wildman–Crippen MR) is 171 cm³/mol. The van der Waals surface area contributed by atoms with Crippen molar-refractivity contribution in [2.45, 2.75) is 43.9 Å². The molecule has 9 nitrogen and oxygen atoms in total. The van der Waals surface area contributed by atoms with Crippen molar-refractivity contribution in [3.63, 3.8) is 0 Å². The van der Waals surface area contributed by atoms with Gasteiger partial charge in [-0.3, -0.25) is 14.6 Å². The highest BCUT2D eigenvalue weighted by Gasteiger charge is 2.30. The minimum Gasteiger partial charge on any atom is -0.346 e. The van der Waals surface area contributed by atoms with Gasteiger partial charge >= 0.3 is 0 Å². The number of amides is 2. The number of pyridine rings is 1. The van der Waals surface area contributed by atoms with Gasteiger partial charge in [0.1, 0.15) is 4.90 Å². The van der Waals surface area contributed by atoms with E-state index in [4.69, 9.17) is 28.9 Å². The smallest absolute Gasteiger partial charge is 0.245 e. The van der Waals surface area contributed by atoms with E-state index >= 15 is 0 Å². The molecule has 232 valence electrons. The fraction of sp³-hybridized carbons (Fsp3) is 0.387. The van der Waals surface area contributed by atoms with Gasteiger partial charge in [0.15, 0.2) is 0 Å². The number of aryl methyl sites for hydroxylation is 1. The Hall–Kier alpha value is -3.02. The van der Waals surface area contributed by atoms with E-state index in [1.165, 1.54) is 12.1 Å². The molecule has 3 N–H and O–H groups in total. The monoisotopic (exact) mass is 647 g/mol. The number of rotatable bonds is 17. The normalized spacial score (nSPS) is 11.5. The topological polar surface area (TPSA) is 126 Å². The largest absolute Gasteiger partial charge is 0.346 e. The predicted octanol–water partition coefficient (Wildman–Crippen LogP) is 4.25. The molecule has 0 aliphatic carbocycles. The molecule has 0 fully saturated rings. The summed E-state index contributed by atoms with van der Waals surface area (Å²) in [5.41, 5.74) is 7.92. The lowest BCUT2D eigenvalue weighted by atomic mass is 10.1. The highest BCUT2D eigenvalue weighted by atomic mass is 35.5. The summed E-state index contributed by atoms with van der Waals surface area (Å²) in [5, 5.41) is 2.97. The molecule has 0 spiro atoms.